The van der Waals surface area contributed by atoms with Crippen LogP contribution >= 0.6 is 11.3 Å². The van der Waals surface area contributed by atoms with Gasteiger partial charge in [0.1, 0.15) is 17.3 Å². The number of aliphatic hydroxyl groups excluding tert-OH is 1. The number of hydrogen-bond donors (Lipinski definition) is 1. The number of methoxy groups -OCH3 is 1. The van der Waals surface area contributed by atoms with E-state index in [0.717, 1.165) is 21.3 Å². The molecule has 1 aliphatic rings. The van der Waals surface area contributed by atoms with Crippen molar-refractivity contribution in [2.45, 2.75) is 19.9 Å². The zero-order chi connectivity index (χ0) is 24.9. The van der Waals surface area contributed by atoms with Gasteiger partial charge in [-0.2, -0.15) is 0 Å². The Hall–Kier alpha value is -4.04. The number of thiazole rings is 1. The molecule has 5 rings (SSSR count). The number of carbonyl (C=O) groups excluding carboxylic acids is 2. The highest BCUT2D eigenvalue weighted by Crippen LogP contribution is 2.44. The number of aryl methyl sites for hydroxylation is 2. The number of aliphatic hydroxyl groups is 1. The van der Waals surface area contributed by atoms with Gasteiger partial charge in [0.2, 0.25) is 0 Å². The molecule has 35 heavy (non-hydrogen) atoms. The lowest BCUT2D eigenvalue weighted by Gasteiger charge is -2.23. The maximum atomic E-state index is 13.7. The van der Waals surface area contributed by atoms with Gasteiger partial charge >= 0.3 is 5.91 Å². The molecule has 8 heteroatoms. The standard InChI is InChI=1S/C27H21FN2O4S/c1-14-12-15(2)22-20(13-14)35-27(29-22)30-23(16-4-8-18(28)9-5-16)21(25(32)26(30)33)24(31)17-6-10-19(34-3)11-7-17/h4-13,23,31H,1-3H3/b24-21+. The highest BCUT2D eigenvalue weighted by Gasteiger charge is 2.48. The molecular weight excluding hydrogens is 467 g/mol. The first-order chi connectivity index (χ1) is 16.8. The zero-order valence-corrected chi connectivity index (χ0v) is 20.0. The van der Waals surface area contributed by atoms with Crippen molar-refractivity contribution in [3.05, 3.63) is 94.3 Å². The molecule has 0 aliphatic carbocycles. The summed E-state index contributed by atoms with van der Waals surface area (Å²) in [5.74, 6) is -1.83. The Morgan fingerprint density at radius 2 is 1.74 bits per heavy atom. The summed E-state index contributed by atoms with van der Waals surface area (Å²) >= 11 is 1.29. The van der Waals surface area contributed by atoms with Crippen LogP contribution in [-0.4, -0.2) is 28.9 Å². The number of rotatable bonds is 4. The molecular formula is C27H21FN2O4S. The number of ketones is 1. The number of hydrogen-bond acceptors (Lipinski definition) is 6. The number of anilines is 1. The van der Waals surface area contributed by atoms with Gasteiger partial charge in [0.25, 0.3) is 5.78 Å². The van der Waals surface area contributed by atoms with Crippen LogP contribution in [-0.2, 0) is 9.59 Å². The van der Waals surface area contributed by atoms with Crippen LogP contribution in [0.4, 0.5) is 9.52 Å². The van der Waals surface area contributed by atoms with Crippen molar-refractivity contribution in [2.24, 2.45) is 0 Å². The number of nitrogens with zero attached hydrogens (tertiary/aromatic N) is 2. The fraction of sp³-hybridized carbons (Fsp3) is 0.148. The molecule has 176 valence electrons. The van der Waals surface area contributed by atoms with E-state index in [4.69, 9.17) is 4.74 Å². The van der Waals surface area contributed by atoms with Gasteiger partial charge in [-0.05, 0) is 73.0 Å². The first-order valence-corrected chi connectivity index (χ1v) is 11.7. The molecule has 3 aromatic carbocycles. The third-order valence-electron chi connectivity index (χ3n) is 6.02. The van der Waals surface area contributed by atoms with E-state index < -0.39 is 23.5 Å². The number of amides is 1. The van der Waals surface area contributed by atoms with E-state index in [2.05, 4.69) is 4.98 Å². The number of halogens is 1. The first-order valence-electron chi connectivity index (χ1n) is 10.9. The topological polar surface area (TPSA) is 79.7 Å². The summed E-state index contributed by atoms with van der Waals surface area (Å²) in [5.41, 5.74) is 3.50. The monoisotopic (exact) mass is 488 g/mol. The Kier molecular flexibility index (Phi) is 5.61. The Morgan fingerprint density at radius 3 is 2.40 bits per heavy atom. The van der Waals surface area contributed by atoms with E-state index in [0.29, 0.717) is 22.0 Å². The average Bonchev–Trinajstić information content (AvgIpc) is 3.38. The van der Waals surface area contributed by atoms with Crippen LogP contribution in [0.15, 0.2) is 66.2 Å². The number of fused-ring (bicyclic) bond motifs is 1. The van der Waals surface area contributed by atoms with Gasteiger partial charge in [-0.25, -0.2) is 9.37 Å². The van der Waals surface area contributed by atoms with Crippen LogP contribution in [0.5, 0.6) is 5.75 Å². The molecule has 0 radical (unpaired) electrons. The highest BCUT2D eigenvalue weighted by molar-refractivity contribution is 7.22. The molecule has 1 fully saturated rings. The lowest BCUT2D eigenvalue weighted by atomic mass is 9.95. The molecule has 0 spiro atoms. The predicted molar refractivity (Wildman–Crippen MR) is 133 cm³/mol. The normalized spacial score (nSPS) is 17.4. The van der Waals surface area contributed by atoms with Crippen molar-refractivity contribution >= 4 is 44.1 Å². The molecule has 1 amide bonds. The van der Waals surface area contributed by atoms with E-state index in [-0.39, 0.29) is 11.3 Å². The lowest BCUT2D eigenvalue weighted by molar-refractivity contribution is -0.132. The highest BCUT2D eigenvalue weighted by atomic mass is 32.1. The van der Waals surface area contributed by atoms with Crippen LogP contribution in [0, 0.1) is 19.7 Å². The summed E-state index contributed by atoms with van der Waals surface area (Å²) in [6.07, 6.45) is 0. The molecule has 1 unspecified atom stereocenters. The van der Waals surface area contributed by atoms with Crippen LogP contribution in [0.3, 0.4) is 0 Å². The summed E-state index contributed by atoms with van der Waals surface area (Å²) in [6.45, 7) is 3.92. The number of Topliss-reactive ketones (excluding diaryl/α,β-unsaturated/α-hetero) is 1. The fourth-order valence-electron chi connectivity index (χ4n) is 4.36. The molecule has 1 aliphatic heterocycles. The minimum absolute atomic E-state index is 0.0843. The molecule has 1 atom stereocenters. The Balaban J connectivity index is 1.72. The predicted octanol–water partition coefficient (Wildman–Crippen LogP) is 5.69. The van der Waals surface area contributed by atoms with Crippen LogP contribution < -0.4 is 9.64 Å². The number of benzene rings is 3. The van der Waals surface area contributed by atoms with Gasteiger partial charge in [-0.3, -0.25) is 14.5 Å². The second-order valence-electron chi connectivity index (χ2n) is 8.37. The van der Waals surface area contributed by atoms with Crippen molar-refractivity contribution in [1.29, 1.82) is 0 Å². The zero-order valence-electron chi connectivity index (χ0n) is 19.2. The Labute approximate surface area is 204 Å². The molecule has 4 aromatic rings. The van der Waals surface area contributed by atoms with E-state index in [9.17, 15) is 19.1 Å². The van der Waals surface area contributed by atoms with Crippen LogP contribution in [0.2, 0.25) is 0 Å². The summed E-state index contributed by atoms with van der Waals surface area (Å²) in [7, 11) is 1.52. The van der Waals surface area contributed by atoms with Crippen molar-refractivity contribution in [2.75, 3.05) is 12.0 Å². The van der Waals surface area contributed by atoms with Gasteiger partial charge in [0.15, 0.2) is 5.13 Å². The molecule has 0 saturated carbocycles. The maximum Gasteiger partial charge on any atom is 0.301 e. The van der Waals surface area contributed by atoms with Gasteiger partial charge < -0.3 is 9.84 Å². The minimum Gasteiger partial charge on any atom is -0.507 e. The Bertz CT molecular complexity index is 1510. The number of carbonyl (C=O) groups is 2. The quantitative estimate of drug-likeness (QED) is 0.227. The summed E-state index contributed by atoms with van der Waals surface area (Å²) in [6, 6.07) is 15.0. The minimum atomic E-state index is -0.973. The van der Waals surface area contributed by atoms with Crippen LogP contribution in [0.25, 0.3) is 16.0 Å². The Morgan fingerprint density at radius 1 is 1.06 bits per heavy atom. The number of ether oxygens (including phenoxy) is 1. The van der Waals surface area contributed by atoms with E-state index in [1.165, 1.54) is 47.6 Å². The van der Waals surface area contributed by atoms with Crippen molar-refractivity contribution in [1.82, 2.24) is 4.98 Å². The van der Waals surface area contributed by atoms with Gasteiger partial charge in [0, 0.05) is 5.56 Å². The van der Waals surface area contributed by atoms with Gasteiger partial charge in [0.05, 0.1) is 28.9 Å². The summed E-state index contributed by atoms with van der Waals surface area (Å²) in [4.78, 5) is 32.6. The number of aromatic nitrogens is 1. The SMILES string of the molecule is COc1ccc(/C(O)=C2\C(=O)C(=O)N(c3nc4c(C)cc(C)cc4s3)C2c2ccc(F)cc2)cc1. The van der Waals surface area contributed by atoms with Gasteiger partial charge in [-0.15, -0.1) is 0 Å². The fourth-order valence-corrected chi connectivity index (χ4v) is 5.53. The third kappa shape index (κ3) is 3.85. The molecule has 1 N–H and O–H groups in total. The third-order valence-corrected chi connectivity index (χ3v) is 7.02. The van der Waals surface area contributed by atoms with Gasteiger partial charge in [-0.1, -0.05) is 29.5 Å². The second kappa shape index (κ2) is 8.63. The maximum absolute atomic E-state index is 13.7. The lowest BCUT2D eigenvalue weighted by Crippen LogP contribution is -2.29. The second-order valence-corrected chi connectivity index (χ2v) is 9.38. The van der Waals surface area contributed by atoms with Crippen LogP contribution in [0.1, 0.15) is 28.3 Å². The van der Waals surface area contributed by atoms with Crippen molar-refractivity contribution < 1.29 is 23.8 Å². The first kappa shape index (κ1) is 22.7. The molecule has 1 aromatic heterocycles. The summed E-state index contributed by atoms with van der Waals surface area (Å²) < 4.78 is 19.8. The van der Waals surface area contributed by atoms with E-state index in [1.54, 1.807) is 24.3 Å². The van der Waals surface area contributed by atoms with Crippen molar-refractivity contribution in [3.8, 4) is 5.75 Å². The average molecular weight is 489 g/mol. The smallest absolute Gasteiger partial charge is 0.301 e. The summed E-state index contributed by atoms with van der Waals surface area (Å²) in [5, 5.41) is 11.5. The van der Waals surface area contributed by atoms with Crippen molar-refractivity contribution in [3.63, 3.8) is 0 Å². The van der Waals surface area contributed by atoms with E-state index in [1.807, 2.05) is 26.0 Å². The van der Waals surface area contributed by atoms with E-state index >= 15 is 0 Å². The molecule has 0 bridgehead atoms. The molecule has 1 saturated heterocycles. The molecule has 2 heterocycles. The largest absolute Gasteiger partial charge is 0.507 e. The molecule has 6 nitrogen and oxygen atoms in total.